The van der Waals surface area contributed by atoms with E-state index in [4.69, 9.17) is 9.26 Å². The molecule has 0 aliphatic carbocycles. The second-order valence-electron chi connectivity index (χ2n) is 6.22. The highest BCUT2D eigenvalue weighted by molar-refractivity contribution is 5.90. The molecule has 1 N–H and O–H groups in total. The molecule has 0 atom stereocenters. The van der Waals surface area contributed by atoms with E-state index in [1.807, 2.05) is 6.07 Å². The van der Waals surface area contributed by atoms with Gasteiger partial charge in [0.2, 0.25) is 23.5 Å². The molecule has 3 heterocycles. The molecule has 0 bridgehead atoms. The van der Waals surface area contributed by atoms with Crippen molar-refractivity contribution >= 4 is 11.6 Å². The molecule has 9 heteroatoms. The van der Waals surface area contributed by atoms with Gasteiger partial charge in [-0.05, 0) is 42.5 Å². The van der Waals surface area contributed by atoms with Crippen LogP contribution in [0.3, 0.4) is 0 Å². The van der Waals surface area contributed by atoms with Gasteiger partial charge in [0.05, 0.1) is 11.9 Å². The van der Waals surface area contributed by atoms with Crippen molar-refractivity contribution in [2.45, 2.75) is 12.8 Å². The Bertz CT molecular complexity index is 1120. The number of pyridine rings is 2. The van der Waals surface area contributed by atoms with E-state index >= 15 is 0 Å². The van der Waals surface area contributed by atoms with E-state index in [1.165, 1.54) is 30.5 Å². The number of halogens is 1. The first-order valence-electron chi connectivity index (χ1n) is 9.09. The second-order valence-corrected chi connectivity index (χ2v) is 6.22. The van der Waals surface area contributed by atoms with Crippen LogP contribution in [-0.4, -0.2) is 26.0 Å². The highest BCUT2D eigenvalue weighted by Gasteiger charge is 2.11. The Labute approximate surface area is 170 Å². The Morgan fingerprint density at radius 1 is 1.07 bits per heavy atom. The van der Waals surface area contributed by atoms with Crippen LogP contribution in [0.5, 0.6) is 11.6 Å². The number of hydrogen-bond donors (Lipinski definition) is 1. The first-order valence-corrected chi connectivity index (χ1v) is 9.09. The number of hydrogen-bond acceptors (Lipinski definition) is 7. The number of nitrogens with zero attached hydrogens (tertiary/aromatic N) is 4. The third kappa shape index (κ3) is 5.02. The van der Waals surface area contributed by atoms with Crippen molar-refractivity contribution in [2.24, 2.45) is 0 Å². The lowest BCUT2D eigenvalue weighted by molar-refractivity contribution is -0.116. The zero-order valence-corrected chi connectivity index (χ0v) is 15.7. The number of aromatic nitrogens is 4. The largest absolute Gasteiger partial charge is 0.439 e. The first kappa shape index (κ1) is 19.2. The highest BCUT2D eigenvalue weighted by Crippen LogP contribution is 2.21. The van der Waals surface area contributed by atoms with Crippen LogP contribution < -0.4 is 10.1 Å². The van der Waals surface area contributed by atoms with Crippen molar-refractivity contribution < 1.29 is 18.4 Å². The zero-order valence-electron chi connectivity index (χ0n) is 15.7. The summed E-state index contributed by atoms with van der Waals surface area (Å²) in [6.07, 6.45) is 3.58. The van der Waals surface area contributed by atoms with Crippen molar-refractivity contribution in [3.05, 3.63) is 78.7 Å². The molecule has 4 rings (SSSR count). The monoisotopic (exact) mass is 405 g/mol. The van der Waals surface area contributed by atoms with E-state index in [9.17, 15) is 9.18 Å². The van der Waals surface area contributed by atoms with E-state index in [-0.39, 0.29) is 18.1 Å². The first-order chi connectivity index (χ1) is 14.7. The fourth-order valence-electron chi connectivity index (χ4n) is 2.54. The average molecular weight is 405 g/mol. The predicted molar refractivity (Wildman–Crippen MR) is 105 cm³/mol. The molecule has 0 saturated carbocycles. The van der Waals surface area contributed by atoms with Crippen molar-refractivity contribution in [3.63, 3.8) is 0 Å². The molecule has 0 radical (unpaired) electrons. The van der Waals surface area contributed by atoms with Gasteiger partial charge in [-0.2, -0.15) is 4.98 Å². The fourth-order valence-corrected chi connectivity index (χ4v) is 2.54. The van der Waals surface area contributed by atoms with E-state index < -0.39 is 0 Å². The second kappa shape index (κ2) is 8.91. The number of aryl methyl sites for hydroxylation is 1. The van der Waals surface area contributed by atoms with Crippen molar-refractivity contribution in [3.8, 4) is 23.1 Å². The maximum absolute atomic E-state index is 12.9. The van der Waals surface area contributed by atoms with Gasteiger partial charge < -0.3 is 14.6 Å². The van der Waals surface area contributed by atoms with E-state index in [0.29, 0.717) is 41.1 Å². The molecule has 3 aromatic heterocycles. The van der Waals surface area contributed by atoms with Gasteiger partial charge in [-0.3, -0.25) is 9.78 Å². The number of benzene rings is 1. The number of carbonyl (C=O) groups is 1. The number of nitrogens with one attached hydrogen (secondary N) is 1. The molecular formula is C21H16FN5O3. The average Bonchev–Trinajstić information content (AvgIpc) is 3.25. The summed E-state index contributed by atoms with van der Waals surface area (Å²) in [5.74, 6) is 0.959. The molecule has 0 saturated heterocycles. The van der Waals surface area contributed by atoms with Gasteiger partial charge in [-0.25, -0.2) is 9.37 Å². The summed E-state index contributed by atoms with van der Waals surface area (Å²) in [5.41, 5.74) is 1.12. The van der Waals surface area contributed by atoms with Gasteiger partial charge in [0.25, 0.3) is 0 Å². The van der Waals surface area contributed by atoms with Crippen LogP contribution in [0.15, 0.2) is 71.5 Å². The summed E-state index contributed by atoms with van der Waals surface area (Å²) in [6.45, 7) is 0. The number of anilines is 1. The Balaban J connectivity index is 1.28. The Kier molecular flexibility index (Phi) is 5.70. The molecule has 0 aliphatic rings. The summed E-state index contributed by atoms with van der Waals surface area (Å²) in [7, 11) is 0. The molecule has 1 amide bonds. The lowest BCUT2D eigenvalue weighted by Gasteiger charge is -2.07. The molecule has 8 nitrogen and oxygen atoms in total. The van der Waals surface area contributed by atoms with Crippen LogP contribution in [0.1, 0.15) is 12.3 Å². The van der Waals surface area contributed by atoms with Crippen molar-refractivity contribution in [1.29, 1.82) is 0 Å². The molecule has 0 aliphatic heterocycles. The van der Waals surface area contributed by atoms with Crippen molar-refractivity contribution in [2.75, 3.05) is 5.32 Å². The van der Waals surface area contributed by atoms with Gasteiger partial charge in [0.1, 0.15) is 17.3 Å². The highest BCUT2D eigenvalue weighted by atomic mass is 19.1. The molecule has 30 heavy (non-hydrogen) atoms. The minimum absolute atomic E-state index is 0.164. The summed E-state index contributed by atoms with van der Waals surface area (Å²) in [5, 5.41) is 6.61. The van der Waals surface area contributed by atoms with Gasteiger partial charge in [0, 0.05) is 25.1 Å². The van der Waals surface area contributed by atoms with Crippen molar-refractivity contribution in [1.82, 2.24) is 20.1 Å². The van der Waals surface area contributed by atoms with Crippen LogP contribution in [0.4, 0.5) is 10.1 Å². The normalized spacial score (nSPS) is 10.6. The molecule has 0 spiro atoms. The van der Waals surface area contributed by atoms with Gasteiger partial charge >= 0.3 is 0 Å². The van der Waals surface area contributed by atoms with Gasteiger partial charge in [-0.15, -0.1) is 0 Å². The Hall–Kier alpha value is -4.14. The van der Waals surface area contributed by atoms with E-state index in [1.54, 1.807) is 30.5 Å². The topological polar surface area (TPSA) is 103 Å². The zero-order chi connectivity index (χ0) is 20.8. The molecule has 4 aromatic rings. The lowest BCUT2D eigenvalue weighted by Crippen LogP contribution is -2.12. The van der Waals surface area contributed by atoms with E-state index in [0.717, 1.165) is 0 Å². The standard InChI is InChI=1S/C21H16FN5O3/c22-14-4-7-16(8-5-14)29-19-10-6-15(13-24-19)25-18(28)9-11-20-26-21(27-30-20)17-3-1-2-12-23-17/h1-8,10,12-13H,9,11H2,(H,25,28). The minimum Gasteiger partial charge on any atom is -0.439 e. The quantitative estimate of drug-likeness (QED) is 0.495. The third-order valence-corrected chi connectivity index (χ3v) is 3.98. The SMILES string of the molecule is O=C(CCc1nc(-c2ccccn2)no1)Nc1ccc(Oc2ccc(F)cc2)nc1. The predicted octanol–water partition coefficient (Wildman–Crippen LogP) is 4.03. The van der Waals surface area contributed by atoms with E-state index in [2.05, 4.69) is 25.4 Å². The molecular weight excluding hydrogens is 389 g/mol. The smallest absolute Gasteiger partial charge is 0.227 e. The van der Waals surface area contributed by atoms with Crippen LogP contribution in [0, 0.1) is 5.82 Å². The molecule has 150 valence electrons. The van der Waals surface area contributed by atoms with Crippen LogP contribution in [-0.2, 0) is 11.2 Å². The summed E-state index contributed by atoms with van der Waals surface area (Å²) in [4.78, 5) is 24.7. The summed E-state index contributed by atoms with van der Waals surface area (Å²) < 4.78 is 23.6. The van der Waals surface area contributed by atoms with Crippen LogP contribution in [0.2, 0.25) is 0 Å². The Morgan fingerprint density at radius 3 is 2.67 bits per heavy atom. The Morgan fingerprint density at radius 2 is 1.93 bits per heavy atom. The number of rotatable bonds is 7. The molecule has 0 fully saturated rings. The summed E-state index contributed by atoms with van der Waals surface area (Å²) >= 11 is 0. The molecule has 1 aromatic carbocycles. The summed E-state index contributed by atoms with van der Waals surface area (Å²) in [6, 6.07) is 14.3. The fraction of sp³-hybridized carbons (Fsp3) is 0.0952. The third-order valence-electron chi connectivity index (χ3n) is 3.98. The number of amides is 1. The minimum atomic E-state index is -0.346. The number of carbonyl (C=O) groups excluding carboxylic acids is 1. The maximum Gasteiger partial charge on any atom is 0.227 e. The maximum atomic E-state index is 12.9. The number of ether oxygens (including phenoxy) is 1. The van der Waals surface area contributed by atoms with Crippen LogP contribution in [0.25, 0.3) is 11.5 Å². The lowest BCUT2D eigenvalue weighted by atomic mass is 10.3. The molecule has 0 unspecified atom stereocenters. The van der Waals surface area contributed by atoms with Crippen LogP contribution >= 0.6 is 0 Å². The van der Waals surface area contributed by atoms with Gasteiger partial charge in [0.15, 0.2) is 0 Å². The van der Waals surface area contributed by atoms with Gasteiger partial charge in [-0.1, -0.05) is 11.2 Å².